The maximum Gasteiger partial charge on any atom is 0.236 e. The second-order valence-electron chi connectivity index (χ2n) is 4.01. The maximum atomic E-state index is 11.2. The van der Waals surface area contributed by atoms with E-state index in [2.05, 4.69) is 10.2 Å². The van der Waals surface area contributed by atoms with E-state index in [1.165, 1.54) is 25.9 Å². The molecule has 0 bridgehead atoms. The Balaban J connectivity index is 1.96. The molecule has 0 spiro atoms. The molecule has 0 saturated carbocycles. The van der Waals surface area contributed by atoms with Crippen molar-refractivity contribution in [1.82, 2.24) is 15.1 Å². The summed E-state index contributed by atoms with van der Waals surface area (Å²) in [6, 6.07) is 0. The van der Waals surface area contributed by atoms with Crippen LogP contribution in [0.2, 0.25) is 0 Å². The van der Waals surface area contributed by atoms with Crippen molar-refractivity contribution in [3.63, 3.8) is 0 Å². The minimum atomic E-state index is 0.145. The lowest BCUT2D eigenvalue weighted by Gasteiger charge is -2.15. The molecule has 1 amide bonds. The first-order valence-electron chi connectivity index (χ1n) is 5.33. The van der Waals surface area contributed by atoms with E-state index in [4.69, 9.17) is 0 Å². The molecule has 1 fully saturated rings. The quantitative estimate of drug-likeness (QED) is 0.621. The largest absolute Gasteiger partial charge is 0.348 e. The van der Waals surface area contributed by atoms with E-state index in [9.17, 15) is 4.79 Å². The lowest BCUT2D eigenvalue weighted by molar-refractivity contribution is -0.127. The molecule has 1 aliphatic rings. The Bertz CT molecular complexity index is 176. The Labute approximate surface area is 86.2 Å². The molecule has 0 radical (unpaired) electrons. The van der Waals surface area contributed by atoms with Crippen molar-refractivity contribution in [3.8, 4) is 0 Å². The summed E-state index contributed by atoms with van der Waals surface area (Å²) >= 11 is 0. The number of amides is 1. The van der Waals surface area contributed by atoms with E-state index in [1.807, 2.05) is 0 Å². The number of likely N-dealkylation sites (tertiary alicyclic amines) is 1. The van der Waals surface area contributed by atoms with E-state index in [-0.39, 0.29) is 5.91 Å². The van der Waals surface area contributed by atoms with Crippen LogP contribution in [-0.2, 0) is 4.79 Å². The van der Waals surface area contributed by atoms with Crippen molar-refractivity contribution in [1.29, 1.82) is 0 Å². The molecule has 0 unspecified atom stereocenters. The van der Waals surface area contributed by atoms with Crippen molar-refractivity contribution in [3.05, 3.63) is 0 Å². The van der Waals surface area contributed by atoms with Crippen LogP contribution >= 0.6 is 0 Å². The number of nitrogens with one attached hydrogen (secondary N) is 1. The average Bonchev–Trinajstić information content (AvgIpc) is 2.64. The van der Waals surface area contributed by atoms with Crippen molar-refractivity contribution in [2.24, 2.45) is 0 Å². The lowest BCUT2D eigenvalue weighted by atomic mass is 10.4. The second-order valence-corrected chi connectivity index (χ2v) is 4.01. The number of rotatable bonds is 5. The van der Waals surface area contributed by atoms with Gasteiger partial charge in [-0.3, -0.25) is 4.79 Å². The standard InChI is InChI=1S/C10H21N3O/c1-12(2)10(14)9-11-5-8-13-6-3-4-7-13/h11H,3-9H2,1-2H3. The number of hydrogen-bond donors (Lipinski definition) is 1. The first-order valence-corrected chi connectivity index (χ1v) is 5.33. The Morgan fingerprint density at radius 2 is 2.00 bits per heavy atom. The van der Waals surface area contributed by atoms with Gasteiger partial charge in [-0.2, -0.15) is 0 Å². The van der Waals surface area contributed by atoms with Gasteiger partial charge in [-0.25, -0.2) is 0 Å². The highest BCUT2D eigenvalue weighted by atomic mass is 16.2. The van der Waals surface area contributed by atoms with Crippen molar-refractivity contribution < 1.29 is 4.79 Å². The molecule has 1 aliphatic heterocycles. The van der Waals surface area contributed by atoms with E-state index in [0.717, 1.165) is 13.1 Å². The summed E-state index contributed by atoms with van der Waals surface area (Å²) in [5.74, 6) is 0.145. The van der Waals surface area contributed by atoms with Crippen LogP contribution < -0.4 is 5.32 Å². The van der Waals surface area contributed by atoms with Gasteiger partial charge in [-0.1, -0.05) is 0 Å². The summed E-state index contributed by atoms with van der Waals surface area (Å²) < 4.78 is 0. The van der Waals surface area contributed by atoms with E-state index >= 15 is 0 Å². The first-order chi connectivity index (χ1) is 6.70. The van der Waals surface area contributed by atoms with Gasteiger partial charge in [-0.05, 0) is 25.9 Å². The molecule has 1 N–H and O–H groups in total. The summed E-state index contributed by atoms with van der Waals surface area (Å²) in [6.45, 7) is 4.90. The van der Waals surface area contributed by atoms with Gasteiger partial charge < -0.3 is 15.1 Å². The highest BCUT2D eigenvalue weighted by Gasteiger charge is 2.10. The molecule has 0 atom stereocenters. The van der Waals surface area contributed by atoms with Crippen LogP contribution in [0, 0.1) is 0 Å². The average molecular weight is 199 g/mol. The van der Waals surface area contributed by atoms with Gasteiger partial charge in [0.05, 0.1) is 6.54 Å². The Morgan fingerprint density at radius 1 is 1.36 bits per heavy atom. The number of carbonyl (C=O) groups excluding carboxylic acids is 1. The fraction of sp³-hybridized carbons (Fsp3) is 0.900. The van der Waals surface area contributed by atoms with Gasteiger partial charge in [0.15, 0.2) is 0 Å². The third-order valence-corrected chi connectivity index (χ3v) is 2.58. The summed E-state index contributed by atoms with van der Waals surface area (Å²) in [7, 11) is 3.56. The van der Waals surface area contributed by atoms with Crippen molar-refractivity contribution in [2.45, 2.75) is 12.8 Å². The van der Waals surface area contributed by atoms with Crippen molar-refractivity contribution >= 4 is 5.91 Å². The summed E-state index contributed by atoms with van der Waals surface area (Å²) in [5.41, 5.74) is 0. The van der Waals surface area contributed by atoms with Gasteiger partial charge in [0.2, 0.25) is 5.91 Å². The Kier molecular flexibility index (Phi) is 4.90. The monoisotopic (exact) mass is 199 g/mol. The van der Waals surface area contributed by atoms with Gasteiger partial charge in [0.1, 0.15) is 0 Å². The van der Waals surface area contributed by atoms with Crippen molar-refractivity contribution in [2.75, 3.05) is 46.8 Å². The molecule has 0 aromatic rings. The molecule has 0 aromatic carbocycles. The van der Waals surface area contributed by atoms with Crippen LogP contribution in [0.3, 0.4) is 0 Å². The maximum absolute atomic E-state index is 11.2. The zero-order chi connectivity index (χ0) is 10.4. The third kappa shape index (κ3) is 4.07. The molecule has 1 rings (SSSR count). The number of nitrogens with zero attached hydrogens (tertiary/aromatic N) is 2. The van der Waals surface area contributed by atoms with Gasteiger partial charge in [-0.15, -0.1) is 0 Å². The predicted molar refractivity (Wildman–Crippen MR) is 57.2 cm³/mol. The number of hydrogen-bond acceptors (Lipinski definition) is 3. The van der Waals surface area contributed by atoms with E-state index in [1.54, 1.807) is 19.0 Å². The second kappa shape index (κ2) is 5.98. The van der Waals surface area contributed by atoms with E-state index in [0.29, 0.717) is 6.54 Å². The van der Waals surface area contributed by atoms with Gasteiger partial charge >= 0.3 is 0 Å². The first kappa shape index (κ1) is 11.5. The van der Waals surface area contributed by atoms with Crippen LogP contribution in [0.1, 0.15) is 12.8 Å². The molecule has 1 saturated heterocycles. The highest BCUT2D eigenvalue weighted by Crippen LogP contribution is 2.05. The van der Waals surface area contributed by atoms with Crippen LogP contribution in [0.25, 0.3) is 0 Å². The van der Waals surface area contributed by atoms with Gasteiger partial charge in [0.25, 0.3) is 0 Å². The fourth-order valence-corrected chi connectivity index (χ4v) is 1.60. The molecule has 14 heavy (non-hydrogen) atoms. The third-order valence-electron chi connectivity index (χ3n) is 2.58. The summed E-state index contributed by atoms with van der Waals surface area (Å²) in [5, 5.41) is 3.16. The van der Waals surface area contributed by atoms with Crippen LogP contribution in [0.4, 0.5) is 0 Å². The van der Waals surface area contributed by atoms with Crippen LogP contribution in [0.5, 0.6) is 0 Å². The molecular weight excluding hydrogens is 178 g/mol. The SMILES string of the molecule is CN(C)C(=O)CNCCN1CCCC1. The Morgan fingerprint density at radius 3 is 2.57 bits per heavy atom. The molecule has 1 heterocycles. The topological polar surface area (TPSA) is 35.6 Å². The minimum Gasteiger partial charge on any atom is -0.348 e. The molecule has 0 aromatic heterocycles. The zero-order valence-corrected chi connectivity index (χ0v) is 9.25. The normalized spacial score (nSPS) is 17.3. The highest BCUT2D eigenvalue weighted by molar-refractivity contribution is 5.77. The minimum absolute atomic E-state index is 0.145. The zero-order valence-electron chi connectivity index (χ0n) is 9.25. The van der Waals surface area contributed by atoms with Crippen LogP contribution in [-0.4, -0.2) is 62.5 Å². The molecule has 0 aliphatic carbocycles. The fourth-order valence-electron chi connectivity index (χ4n) is 1.60. The van der Waals surface area contributed by atoms with Gasteiger partial charge in [0, 0.05) is 27.2 Å². The molecule has 82 valence electrons. The Hall–Kier alpha value is -0.610. The van der Waals surface area contributed by atoms with E-state index < -0.39 is 0 Å². The molecule has 4 nitrogen and oxygen atoms in total. The number of likely N-dealkylation sites (N-methyl/N-ethyl adjacent to an activating group) is 1. The summed E-state index contributed by atoms with van der Waals surface area (Å²) in [4.78, 5) is 15.2. The van der Waals surface area contributed by atoms with Crippen LogP contribution in [0.15, 0.2) is 0 Å². The summed E-state index contributed by atoms with van der Waals surface area (Å²) in [6.07, 6.45) is 2.66. The predicted octanol–water partition coefficient (Wildman–Crippen LogP) is -0.240. The molecule has 4 heteroatoms. The smallest absolute Gasteiger partial charge is 0.236 e. The molecular formula is C10H21N3O. The lowest BCUT2D eigenvalue weighted by Crippen LogP contribution is -2.37. The number of carbonyl (C=O) groups is 1.